The second-order valence-electron chi connectivity index (χ2n) is 3.76. The van der Waals surface area contributed by atoms with Crippen molar-refractivity contribution in [2.24, 2.45) is 5.92 Å². The molecule has 0 aliphatic carbocycles. The predicted octanol–water partition coefficient (Wildman–Crippen LogP) is 2.05. The van der Waals surface area contributed by atoms with Crippen molar-refractivity contribution in [3.05, 3.63) is 18.2 Å². The Morgan fingerprint density at radius 1 is 1.27 bits per heavy atom. The molecule has 4 heteroatoms. The Bertz CT molecular complexity index is 337. The van der Waals surface area contributed by atoms with Crippen LogP contribution in [0.3, 0.4) is 0 Å². The van der Waals surface area contributed by atoms with Crippen LogP contribution in [0.15, 0.2) is 18.2 Å². The first-order valence-corrected chi connectivity index (χ1v) is 4.71. The molecule has 0 fully saturated rings. The van der Waals surface area contributed by atoms with Crippen LogP contribution in [0.1, 0.15) is 20.3 Å². The highest BCUT2D eigenvalue weighted by atomic mass is 16.5. The van der Waals surface area contributed by atoms with Gasteiger partial charge in [-0.2, -0.15) is 0 Å². The second kappa shape index (κ2) is 4.68. The van der Waals surface area contributed by atoms with Gasteiger partial charge in [-0.15, -0.1) is 0 Å². The van der Waals surface area contributed by atoms with E-state index >= 15 is 0 Å². The molecular weight excluding hydrogens is 196 g/mol. The van der Waals surface area contributed by atoms with Crippen molar-refractivity contribution in [3.8, 4) is 17.2 Å². The van der Waals surface area contributed by atoms with Gasteiger partial charge in [0.25, 0.3) is 0 Å². The first-order chi connectivity index (χ1) is 6.97. The van der Waals surface area contributed by atoms with Crippen molar-refractivity contribution in [2.75, 3.05) is 0 Å². The highest BCUT2D eigenvalue weighted by molar-refractivity contribution is 5.72. The molecule has 2 N–H and O–H groups in total. The zero-order valence-corrected chi connectivity index (χ0v) is 8.73. The molecule has 0 saturated heterocycles. The predicted molar refractivity (Wildman–Crippen MR) is 54.9 cm³/mol. The fourth-order valence-corrected chi connectivity index (χ4v) is 1.13. The number of hydrogen-bond acceptors (Lipinski definition) is 4. The number of ether oxygens (including phenoxy) is 1. The van der Waals surface area contributed by atoms with Gasteiger partial charge in [-0.1, -0.05) is 13.8 Å². The summed E-state index contributed by atoms with van der Waals surface area (Å²) in [5, 5.41) is 18.3. The largest absolute Gasteiger partial charge is 0.508 e. The van der Waals surface area contributed by atoms with Gasteiger partial charge in [-0.3, -0.25) is 4.79 Å². The van der Waals surface area contributed by atoms with E-state index in [1.165, 1.54) is 18.2 Å². The quantitative estimate of drug-likeness (QED) is 0.592. The van der Waals surface area contributed by atoms with Crippen LogP contribution < -0.4 is 4.74 Å². The van der Waals surface area contributed by atoms with E-state index in [-0.39, 0.29) is 29.1 Å². The Morgan fingerprint density at radius 3 is 2.27 bits per heavy atom. The number of carbonyl (C=O) groups is 1. The number of phenolic OH excluding ortho intramolecular Hbond substituents is 2. The summed E-state index contributed by atoms with van der Waals surface area (Å²) in [6.07, 6.45) is 0.302. The van der Waals surface area contributed by atoms with Crippen LogP contribution in [0.5, 0.6) is 17.2 Å². The van der Waals surface area contributed by atoms with Crippen LogP contribution in [0.2, 0.25) is 0 Å². The SMILES string of the molecule is CC(C)CC(=O)Oc1cc(O)cc(O)c1. The molecule has 0 radical (unpaired) electrons. The third kappa shape index (κ3) is 3.89. The summed E-state index contributed by atoms with van der Waals surface area (Å²) in [6.45, 7) is 3.81. The lowest BCUT2D eigenvalue weighted by molar-refractivity contribution is -0.135. The summed E-state index contributed by atoms with van der Waals surface area (Å²) in [7, 11) is 0. The van der Waals surface area contributed by atoms with Crippen molar-refractivity contribution >= 4 is 5.97 Å². The van der Waals surface area contributed by atoms with Gasteiger partial charge < -0.3 is 14.9 Å². The van der Waals surface area contributed by atoms with Gasteiger partial charge in [-0.25, -0.2) is 0 Å². The average molecular weight is 210 g/mol. The normalized spacial score (nSPS) is 10.3. The van der Waals surface area contributed by atoms with E-state index in [4.69, 9.17) is 14.9 Å². The molecule has 0 spiro atoms. The lowest BCUT2D eigenvalue weighted by Crippen LogP contribution is -2.10. The van der Waals surface area contributed by atoms with Crippen LogP contribution in [-0.2, 0) is 4.79 Å². The number of esters is 1. The van der Waals surface area contributed by atoms with Crippen molar-refractivity contribution in [1.82, 2.24) is 0 Å². The second-order valence-corrected chi connectivity index (χ2v) is 3.76. The molecule has 82 valence electrons. The van der Waals surface area contributed by atoms with Gasteiger partial charge in [0.05, 0.1) is 0 Å². The van der Waals surface area contributed by atoms with E-state index in [1.807, 2.05) is 13.8 Å². The van der Waals surface area contributed by atoms with E-state index in [0.717, 1.165) is 0 Å². The monoisotopic (exact) mass is 210 g/mol. The summed E-state index contributed by atoms with van der Waals surface area (Å²) in [4.78, 5) is 11.3. The Kier molecular flexibility index (Phi) is 3.55. The first kappa shape index (κ1) is 11.4. The lowest BCUT2D eigenvalue weighted by Gasteiger charge is -2.06. The van der Waals surface area contributed by atoms with Gasteiger partial charge in [0.15, 0.2) is 0 Å². The fourth-order valence-electron chi connectivity index (χ4n) is 1.13. The number of rotatable bonds is 3. The molecule has 1 rings (SSSR count). The third-order valence-corrected chi connectivity index (χ3v) is 1.68. The smallest absolute Gasteiger partial charge is 0.311 e. The Balaban J connectivity index is 2.68. The van der Waals surface area contributed by atoms with Gasteiger partial charge in [-0.05, 0) is 5.92 Å². The molecule has 0 saturated carbocycles. The lowest BCUT2D eigenvalue weighted by atomic mass is 10.1. The molecule has 4 nitrogen and oxygen atoms in total. The molecule has 0 heterocycles. The highest BCUT2D eigenvalue weighted by Crippen LogP contribution is 2.26. The molecule has 0 aliphatic heterocycles. The summed E-state index contributed by atoms with van der Waals surface area (Å²) in [5.74, 6) is -0.291. The Labute approximate surface area is 88.1 Å². The zero-order valence-electron chi connectivity index (χ0n) is 8.73. The van der Waals surface area contributed by atoms with E-state index in [1.54, 1.807) is 0 Å². The third-order valence-electron chi connectivity index (χ3n) is 1.68. The van der Waals surface area contributed by atoms with Gasteiger partial charge in [0, 0.05) is 24.6 Å². The van der Waals surface area contributed by atoms with E-state index < -0.39 is 0 Å². The maximum absolute atomic E-state index is 11.3. The molecule has 1 aromatic carbocycles. The van der Waals surface area contributed by atoms with Gasteiger partial charge in [0.1, 0.15) is 17.2 Å². The average Bonchev–Trinajstić information content (AvgIpc) is 1.98. The van der Waals surface area contributed by atoms with Crippen LogP contribution in [0.4, 0.5) is 0 Å². The Hall–Kier alpha value is -1.71. The molecule has 0 atom stereocenters. The summed E-state index contributed by atoms with van der Waals surface area (Å²) in [6, 6.07) is 3.72. The van der Waals surface area contributed by atoms with Crippen molar-refractivity contribution in [3.63, 3.8) is 0 Å². The fraction of sp³-hybridized carbons (Fsp3) is 0.364. The highest BCUT2D eigenvalue weighted by Gasteiger charge is 2.08. The molecule has 1 aromatic rings. The number of benzene rings is 1. The summed E-state index contributed by atoms with van der Waals surface area (Å²) < 4.78 is 4.93. The van der Waals surface area contributed by atoms with E-state index in [0.29, 0.717) is 6.42 Å². The topological polar surface area (TPSA) is 66.8 Å². The van der Waals surface area contributed by atoms with Crippen LogP contribution in [-0.4, -0.2) is 16.2 Å². The van der Waals surface area contributed by atoms with Crippen molar-refractivity contribution < 1.29 is 19.7 Å². The molecule has 0 aromatic heterocycles. The van der Waals surface area contributed by atoms with Crippen LogP contribution >= 0.6 is 0 Å². The summed E-state index contributed by atoms with van der Waals surface area (Å²) >= 11 is 0. The number of carbonyl (C=O) groups excluding carboxylic acids is 1. The minimum absolute atomic E-state index is 0.137. The molecule has 0 amide bonds. The van der Waals surface area contributed by atoms with Crippen molar-refractivity contribution in [1.29, 1.82) is 0 Å². The van der Waals surface area contributed by atoms with Crippen molar-refractivity contribution in [2.45, 2.75) is 20.3 Å². The zero-order chi connectivity index (χ0) is 11.4. The Morgan fingerprint density at radius 2 is 1.80 bits per heavy atom. The minimum Gasteiger partial charge on any atom is -0.508 e. The molecule has 15 heavy (non-hydrogen) atoms. The number of hydrogen-bond donors (Lipinski definition) is 2. The number of phenols is 2. The van der Waals surface area contributed by atoms with Gasteiger partial charge in [0.2, 0.25) is 0 Å². The standard InChI is InChI=1S/C11H14O4/c1-7(2)3-11(14)15-10-5-8(12)4-9(13)6-10/h4-7,12-13H,3H2,1-2H3. The molecule has 0 aliphatic rings. The molecule has 0 unspecified atom stereocenters. The maximum Gasteiger partial charge on any atom is 0.311 e. The van der Waals surface area contributed by atoms with Crippen LogP contribution in [0.25, 0.3) is 0 Å². The first-order valence-electron chi connectivity index (χ1n) is 4.71. The van der Waals surface area contributed by atoms with Gasteiger partial charge >= 0.3 is 5.97 Å². The van der Waals surface area contributed by atoms with E-state index in [9.17, 15) is 4.79 Å². The van der Waals surface area contributed by atoms with Crippen LogP contribution in [0, 0.1) is 5.92 Å². The number of aromatic hydroxyl groups is 2. The maximum atomic E-state index is 11.3. The molecular formula is C11H14O4. The summed E-state index contributed by atoms with van der Waals surface area (Å²) in [5.41, 5.74) is 0. The molecule has 0 bridgehead atoms. The van der Waals surface area contributed by atoms with E-state index in [2.05, 4.69) is 0 Å². The minimum atomic E-state index is -0.380.